The molecule has 1 N–H and O–H groups in total. The van der Waals surface area contributed by atoms with Gasteiger partial charge in [-0.05, 0) is 41.2 Å². The van der Waals surface area contributed by atoms with E-state index in [0.717, 1.165) is 39.7 Å². The van der Waals surface area contributed by atoms with Gasteiger partial charge in [-0.2, -0.15) is 0 Å². The van der Waals surface area contributed by atoms with Crippen molar-refractivity contribution in [2.75, 3.05) is 13.8 Å². The second-order valence-corrected chi connectivity index (χ2v) is 5.08. The lowest BCUT2D eigenvalue weighted by atomic mass is 10.1. The Balaban J connectivity index is 2.07. The highest BCUT2D eigenvalue weighted by molar-refractivity contribution is 9.10. The zero-order valence-electron chi connectivity index (χ0n) is 10.7. The minimum atomic E-state index is 0.288. The van der Waals surface area contributed by atoms with Crippen LogP contribution in [0.3, 0.4) is 0 Å². The number of nitrogens with one attached hydrogen (secondary N) is 1. The van der Waals surface area contributed by atoms with Crippen LogP contribution in [0.25, 0.3) is 11.3 Å². The molecule has 2 heterocycles. The van der Waals surface area contributed by atoms with Gasteiger partial charge in [0.15, 0.2) is 11.5 Å². The number of imidazole rings is 1. The summed E-state index contributed by atoms with van der Waals surface area (Å²) in [4.78, 5) is 4.51. The number of hydrogen-bond donors (Lipinski definition) is 1. The van der Waals surface area contributed by atoms with Crippen molar-refractivity contribution in [1.29, 1.82) is 0 Å². The molecule has 19 heavy (non-hydrogen) atoms. The van der Waals surface area contributed by atoms with Crippen LogP contribution in [0.5, 0.6) is 11.5 Å². The molecule has 0 saturated heterocycles. The molecule has 100 valence electrons. The standard InChI is InChI=1S/C13H14BrN3O2/c1-15-6-11-16-13(14)12(17(11)2)8-3-4-9-10(5-8)19-7-18-9/h3-5,15H,6-7H2,1-2H3. The predicted octanol–water partition coefficient (Wildman–Crippen LogP) is 2.30. The summed E-state index contributed by atoms with van der Waals surface area (Å²) in [6, 6.07) is 5.92. The fraction of sp³-hybridized carbons (Fsp3) is 0.308. The number of hydrogen-bond acceptors (Lipinski definition) is 4. The average molecular weight is 324 g/mol. The fourth-order valence-electron chi connectivity index (χ4n) is 2.18. The summed E-state index contributed by atoms with van der Waals surface area (Å²) < 4.78 is 13.6. The fourth-order valence-corrected chi connectivity index (χ4v) is 2.88. The van der Waals surface area contributed by atoms with Crippen molar-refractivity contribution in [2.45, 2.75) is 6.54 Å². The lowest BCUT2D eigenvalue weighted by Gasteiger charge is -2.07. The molecule has 0 fully saturated rings. The van der Waals surface area contributed by atoms with E-state index in [4.69, 9.17) is 9.47 Å². The van der Waals surface area contributed by atoms with E-state index in [1.54, 1.807) is 0 Å². The van der Waals surface area contributed by atoms with Gasteiger partial charge in [0.05, 0.1) is 12.2 Å². The molecule has 2 aromatic rings. The van der Waals surface area contributed by atoms with Crippen molar-refractivity contribution in [2.24, 2.45) is 7.05 Å². The number of halogens is 1. The Morgan fingerprint density at radius 1 is 1.37 bits per heavy atom. The lowest BCUT2D eigenvalue weighted by molar-refractivity contribution is 0.174. The van der Waals surface area contributed by atoms with Crippen LogP contribution in [-0.2, 0) is 13.6 Å². The van der Waals surface area contributed by atoms with Gasteiger partial charge in [0.25, 0.3) is 0 Å². The Morgan fingerprint density at radius 3 is 2.95 bits per heavy atom. The summed E-state index contributed by atoms with van der Waals surface area (Å²) in [6.07, 6.45) is 0. The van der Waals surface area contributed by atoms with Gasteiger partial charge in [-0.3, -0.25) is 0 Å². The monoisotopic (exact) mass is 323 g/mol. The molecule has 0 bridgehead atoms. The molecule has 6 heteroatoms. The van der Waals surface area contributed by atoms with Crippen LogP contribution in [0.2, 0.25) is 0 Å². The maximum atomic E-state index is 5.42. The second-order valence-electron chi connectivity index (χ2n) is 4.32. The van der Waals surface area contributed by atoms with E-state index in [0.29, 0.717) is 0 Å². The van der Waals surface area contributed by atoms with Crippen LogP contribution < -0.4 is 14.8 Å². The van der Waals surface area contributed by atoms with E-state index in [1.165, 1.54) is 0 Å². The first-order valence-electron chi connectivity index (χ1n) is 5.96. The lowest BCUT2D eigenvalue weighted by Crippen LogP contribution is -2.10. The van der Waals surface area contributed by atoms with Crippen molar-refractivity contribution in [3.8, 4) is 22.8 Å². The number of benzene rings is 1. The molecule has 0 saturated carbocycles. The molecule has 0 unspecified atom stereocenters. The van der Waals surface area contributed by atoms with Gasteiger partial charge in [-0.1, -0.05) is 0 Å². The summed E-state index contributed by atoms with van der Waals surface area (Å²) in [7, 11) is 3.91. The summed E-state index contributed by atoms with van der Waals surface area (Å²) in [5.74, 6) is 2.54. The number of nitrogens with zero attached hydrogens (tertiary/aromatic N) is 2. The first-order chi connectivity index (χ1) is 9.20. The average Bonchev–Trinajstić information content (AvgIpc) is 2.95. The Kier molecular flexibility index (Phi) is 3.20. The second kappa shape index (κ2) is 4.86. The van der Waals surface area contributed by atoms with Crippen LogP contribution in [0.15, 0.2) is 22.8 Å². The maximum absolute atomic E-state index is 5.42. The van der Waals surface area contributed by atoms with Crippen molar-refractivity contribution < 1.29 is 9.47 Å². The van der Waals surface area contributed by atoms with Crippen LogP contribution in [0.4, 0.5) is 0 Å². The number of fused-ring (bicyclic) bond motifs is 1. The van der Waals surface area contributed by atoms with E-state index < -0.39 is 0 Å². The SMILES string of the molecule is CNCc1nc(Br)c(-c2ccc3c(c2)OCO3)n1C. The van der Waals surface area contributed by atoms with Gasteiger partial charge in [-0.25, -0.2) is 4.98 Å². The molecule has 1 aromatic carbocycles. The highest BCUT2D eigenvalue weighted by atomic mass is 79.9. The van der Waals surface area contributed by atoms with Crippen LogP contribution in [-0.4, -0.2) is 23.4 Å². The summed E-state index contributed by atoms with van der Waals surface area (Å²) in [6.45, 7) is 1.01. The molecular weight excluding hydrogens is 310 g/mol. The molecule has 0 spiro atoms. The molecular formula is C13H14BrN3O2. The molecule has 0 radical (unpaired) electrons. The van der Waals surface area contributed by atoms with Gasteiger partial charge >= 0.3 is 0 Å². The molecule has 1 aliphatic rings. The molecule has 3 rings (SSSR count). The van der Waals surface area contributed by atoms with Gasteiger partial charge in [0.1, 0.15) is 10.4 Å². The van der Waals surface area contributed by atoms with E-state index >= 15 is 0 Å². The zero-order valence-corrected chi connectivity index (χ0v) is 12.3. The third-order valence-corrected chi connectivity index (χ3v) is 3.68. The predicted molar refractivity (Wildman–Crippen MR) is 75.2 cm³/mol. The third kappa shape index (κ3) is 2.11. The third-order valence-electron chi connectivity index (χ3n) is 3.13. The topological polar surface area (TPSA) is 48.3 Å². The van der Waals surface area contributed by atoms with Gasteiger partial charge in [0, 0.05) is 12.6 Å². The van der Waals surface area contributed by atoms with E-state index in [1.807, 2.05) is 32.3 Å². The van der Waals surface area contributed by atoms with Crippen LogP contribution in [0.1, 0.15) is 5.82 Å². The molecule has 1 aliphatic heterocycles. The number of ether oxygens (including phenoxy) is 2. The van der Waals surface area contributed by atoms with Crippen molar-refractivity contribution in [1.82, 2.24) is 14.9 Å². The summed E-state index contributed by atoms with van der Waals surface area (Å²) in [5.41, 5.74) is 2.08. The Labute approximate surface area is 119 Å². The summed E-state index contributed by atoms with van der Waals surface area (Å²) in [5, 5.41) is 3.11. The van der Waals surface area contributed by atoms with Crippen LogP contribution in [0, 0.1) is 0 Å². The smallest absolute Gasteiger partial charge is 0.231 e. The molecule has 0 atom stereocenters. The van der Waals surface area contributed by atoms with Crippen molar-refractivity contribution in [3.63, 3.8) is 0 Å². The van der Waals surface area contributed by atoms with Crippen molar-refractivity contribution in [3.05, 3.63) is 28.6 Å². The number of rotatable bonds is 3. The normalized spacial score (nSPS) is 13.0. The number of aromatic nitrogens is 2. The quantitative estimate of drug-likeness (QED) is 0.941. The van der Waals surface area contributed by atoms with E-state index in [9.17, 15) is 0 Å². The first-order valence-corrected chi connectivity index (χ1v) is 6.75. The highest BCUT2D eigenvalue weighted by Gasteiger charge is 2.18. The molecule has 0 aliphatic carbocycles. The van der Waals surface area contributed by atoms with E-state index in [-0.39, 0.29) is 6.79 Å². The Hall–Kier alpha value is -1.53. The van der Waals surface area contributed by atoms with Gasteiger partial charge in [-0.15, -0.1) is 0 Å². The van der Waals surface area contributed by atoms with Gasteiger partial charge < -0.3 is 19.4 Å². The molecule has 0 amide bonds. The zero-order chi connectivity index (χ0) is 13.4. The highest BCUT2D eigenvalue weighted by Crippen LogP contribution is 2.37. The Morgan fingerprint density at radius 2 is 2.16 bits per heavy atom. The Bertz CT molecular complexity index is 625. The minimum Gasteiger partial charge on any atom is -0.454 e. The molecule has 1 aromatic heterocycles. The summed E-state index contributed by atoms with van der Waals surface area (Å²) >= 11 is 3.52. The first kappa shape index (κ1) is 12.5. The van der Waals surface area contributed by atoms with E-state index in [2.05, 4.69) is 30.8 Å². The van der Waals surface area contributed by atoms with Crippen molar-refractivity contribution >= 4 is 15.9 Å². The molecule has 5 nitrogen and oxygen atoms in total. The largest absolute Gasteiger partial charge is 0.454 e. The maximum Gasteiger partial charge on any atom is 0.231 e. The van der Waals surface area contributed by atoms with Gasteiger partial charge in [0.2, 0.25) is 6.79 Å². The minimum absolute atomic E-state index is 0.288. The van der Waals surface area contributed by atoms with Crippen LogP contribution >= 0.6 is 15.9 Å².